The van der Waals surface area contributed by atoms with Crippen molar-refractivity contribution in [3.05, 3.63) is 53.9 Å². The fourth-order valence-corrected chi connectivity index (χ4v) is 2.33. The highest BCUT2D eigenvalue weighted by molar-refractivity contribution is 5.98. The van der Waals surface area contributed by atoms with E-state index in [1.165, 1.54) is 0 Å². The second-order valence-corrected chi connectivity index (χ2v) is 4.68. The first-order valence-electron chi connectivity index (χ1n) is 6.21. The molecule has 0 fully saturated rings. The van der Waals surface area contributed by atoms with E-state index < -0.39 is 0 Å². The lowest BCUT2D eigenvalue weighted by Crippen LogP contribution is -1.94. The van der Waals surface area contributed by atoms with E-state index in [1.54, 1.807) is 13.1 Å². The number of benzene rings is 1. The lowest BCUT2D eigenvalue weighted by Gasteiger charge is -2.09. The summed E-state index contributed by atoms with van der Waals surface area (Å²) in [5.41, 5.74) is 4.94. The second kappa shape index (κ2) is 4.35. The molecule has 0 bridgehead atoms. The minimum Gasteiger partial charge on any atom is -0.346 e. The molecule has 0 saturated carbocycles. The van der Waals surface area contributed by atoms with Gasteiger partial charge in [-0.05, 0) is 48.7 Å². The van der Waals surface area contributed by atoms with E-state index in [2.05, 4.69) is 16.9 Å². The van der Waals surface area contributed by atoms with Crippen LogP contribution in [0.2, 0.25) is 0 Å². The van der Waals surface area contributed by atoms with Gasteiger partial charge >= 0.3 is 0 Å². The molecule has 3 rings (SSSR count). The van der Waals surface area contributed by atoms with Crippen molar-refractivity contribution >= 4 is 16.8 Å². The number of carbonyl (C=O) groups is 1. The number of aromatic nitrogens is 2. The van der Waals surface area contributed by atoms with E-state index in [9.17, 15) is 4.79 Å². The number of rotatable bonds is 2. The summed E-state index contributed by atoms with van der Waals surface area (Å²) < 4.78 is 0. The Labute approximate surface area is 111 Å². The van der Waals surface area contributed by atoms with Crippen molar-refractivity contribution in [3.63, 3.8) is 0 Å². The van der Waals surface area contributed by atoms with E-state index in [0.29, 0.717) is 0 Å². The molecule has 0 unspecified atom stereocenters. The number of nitrogens with one attached hydrogen (secondary N) is 1. The fourth-order valence-electron chi connectivity index (χ4n) is 2.33. The number of carbonyl (C=O) groups excluding carboxylic acids is 1. The number of aromatic amines is 1. The standard InChI is InChI=1S/C16H14N2O/c1-10-3-4-12(11(2)19)9-15(10)13-5-7-17-16-14(13)6-8-18-16/h3-9H,1-2H3,(H,17,18). The van der Waals surface area contributed by atoms with Gasteiger partial charge in [0.15, 0.2) is 5.78 Å². The summed E-state index contributed by atoms with van der Waals surface area (Å²) >= 11 is 0. The monoisotopic (exact) mass is 250 g/mol. The van der Waals surface area contributed by atoms with Crippen molar-refractivity contribution in [3.8, 4) is 11.1 Å². The summed E-state index contributed by atoms with van der Waals surface area (Å²) in [4.78, 5) is 18.9. The molecule has 19 heavy (non-hydrogen) atoms. The zero-order chi connectivity index (χ0) is 13.4. The van der Waals surface area contributed by atoms with Crippen molar-refractivity contribution in [2.24, 2.45) is 0 Å². The molecule has 1 N–H and O–H groups in total. The SMILES string of the molecule is CC(=O)c1ccc(C)c(-c2ccnc3[nH]ccc23)c1. The molecule has 2 heterocycles. The van der Waals surface area contributed by atoms with Gasteiger partial charge in [0, 0.05) is 23.3 Å². The summed E-state index contributed by atoms with van der Waals surface area (Å²) in [5, 5.41) is 1.08. The predicted molar refractivity (Wildman–Crippen MR) is 76.3 cm³/mol. The van der Waals surface area contributed by atoms with Crippen LogP contribution in [0, 0.1) is 6.92 Å². The largest absolute Gasteiger partial charge is 0.346 e. The molecule has 2 aromatic heterocycles. The van der Waals surface area contributed by atoms with Crippen molar-refractivity contribution in [2.75, 3.05) is 0 Å². The predicted octanol–water partition coefficient (Wildman–Crippen LogP) is 3.74. The maximum Gasteiger partial charge on any atom is 0.159 e. The van der Waals surface area contributed by atoms with Crippen LogP contribution in [-0.4, -0.2) is 15.8 Å². The molecule has 1 aromatic carbocycles. The number of fused-ring (bicyclic) bond motifs is 1. The van der Waals surface area contributed by atoms with E-state index in [1.807, 2.05) is 36.5 Å². The molecule has 0 aliphatic heterocycles. The summed E-state index contributed by atoms with van der Waals surface area (Å²) in [5.74, 6) is 0.0839. The van der Waals surface area contributed by atoms with Gasteiger partial charge in [0.05, 0.1) is 0 Å². The van der Waals surface area contributed by atoms with Crippen LogP contribution in [0.4, 0.5) is 0 Å². The summed E-state index contributed by atoms with van der Waals surface area (Å²) in [6.45, 7) is 3.64. The smallest absolute Gasteiger partial charge is 0.159 e. The molecular formula is C16H14N2O. The van der Waals surface area contributed by atoms with E-state index >= 15 is 0 Å². The normalized spacial score (nSPS) is 10.8. The Morgan fingerprint density at radius 3 is 2.79 bits per heavy atom. The molecule has 0 spiro atoms. The van der Waals surface area contributed by atoms with E-state index in [0.717, 1.165) is 33.3 Å². The van der Waals surface area contributed by atoms with E-state index in [4.69, 9.17) is 0 Å². The molecule has 0 amide bonds. The highest BCUT2D eigenvalue weighted by Crippen LogP contribution is 2.30. The Kier molecular flexibility index (Phi) is 2.67. The Morgan fingerprint density at radius 2 is 2.00 bits per heavy atom. The molecule has 3 nitrogen and oxygen atoms in total. The summed E-state index contributed by atoms with van der Waals surface area (Å²) in [6.07, 6.45) is 3.67. The van der Waals surface area contributed by atoms with Crippen LogP contribution in [0.25, 0.3) is 22.2 Å². The first-order valence-corrected chi connectivity index (χ1v) is 6.21. The maximum absolute atomic E-state index is 11.5. The minimum absolute atomic E-state index is 0.0839. The van der Waals surface area contributed by atoms with Crippen LogP contribution >= 0.6 is 0 Å². The zero-order valence-electron chi connectivity index (χ0n) is 10.9. The van der Waals surface area contributed by atoms with Gasteiger partial charge < -0.3 is 4.98 Å². The number of ketones is 1. The van der Waals surface area contributed by atoms with Crippen molar-refractivity contribution in [1.82, 2.24) is 9.97 Å². The topological polar surface area (TPSA) is 45.8 Å². The van der Waals surface area contributed by atoms with Crippen LogP contribution in [0.15, 0.2) is 42.7 Å². The Bertz CT molecular complexity index is 771. The molecule has 94 valence electrons. The number of aryl methyl sites for hydroxylation is 1. The number of hydrogen-bond acceptors (Lipinski definition) is 2. The highest BCUT2D eigenvalue weighted by Gasteiger charge is 2.10. The Hall–Kier alpha value is -2.42. The molecule has 0 saturated heterocycles. The van der Waals surface area contributed by atoms with Gasteiger partial charge in [0.1, 0.15) is 5.65 Å². The number of pyridine rings is 1. The van der Waals surface area contributed by atoms with Crippen LogP contribution in [-0.2, 0) is 0 Å². The van der Waals surface area contributed by atoms with Gasteiger partial charge in [-0.1, -0.05) is 12.1 Å². The van der Waals surface area contributed by atoms with Gasteiger partial charge in [-0.3, -0.25) is 4.79 Å². The molecular weight excluding hydrogens is 236 g/mol. The second-order valence-electron chi connectivity index (χ2n) is 4.68. The minimum atomic E-state index is 0.0839. The third kappa shape index (κ3) is 1.93. The third-order valence-electron chi connectivity index (χ3n) is 3.39. The molecule has 3 heteroatoms. The summed E-state index contributed by atoms with van der Waals surface area (Å²) in [7, 11) is 0. The van der Waals surface area contributed by atoms with Crippen LogP contribution in [0.1, 0.15) is 22.8 Å². The molecule has 3 aromatic rings. The van der Waals surface area contributed by atoms with Gasteiger partial charge in [-0.2, -0.15) is 0 Å². The van der Waals surface area contributed by atoms with Gasteiger partial charge in [-0.15, -0.1) is 0 Å². The molecule has 0 aliphatic rings. The molecule has 0 aliphatic carbocycles. The van der Waals surface area contributed by atoms with Crippen LogP contribution < -0.4 is 0 Å². The maximum atomic E-state index is 11.5. The first kappa shape index (κ1) is 11.7. The highest BCUT2D eigenvalue weighted by atomic mass is 16.1. The lowest BCUT2D eigenvalue weighted by atomic mass is 9.96. The van der Waals surface area contributed by atoms with Crippen molar-refractivity contribution in [1.29, 1.82) is 0 Å². The number of H-pyrrole nitrogens is 1. The number of hydrogen-bond donors (Lipinski definition) is 1. The van der Waals surface area contributed by atoms with Gasteiger partial charge in [0.25, 0.3) is 0 Å². The van der Waals surface area contributed by atoms with Crippen LogP contribution in [0.5, 0.6) is 0 Å². The first-order chi connectivity index (χ1) is 9.16. The van der Waals surface area contributed by atoms with Crippen molar-refractivity contribution < 1.29 is 4.79 Å². The lowest BCUT2D eigenvalue weighted by molar-refractivity contribution is 0.101. The van der Waals surface area contributed by atoms with Crippen molar-refractivity contribution in [2.45, 2.75) is 13.8 Å². The Balaban J connectivity index is 2.29. The van der Waals surface area contributed by atoms with E-state index in [-0.39, 0.29) is 5.78 Å². The molecule has 0 atom stereocenters. The quantitative estimate of drug-likeness (QED) is 0.704. The van der Waals surface area contributed by atoms with Gasteiger partial charge in [0.2, 0.25) is 0 Å². The van der Waals surface area contributed by atoms with Gasteiger partial charge in [-0.25, -0.2) is 4.98 Å². The fraction of sp³-hybridized carbons (Fsp3) is 0.125. The number of Topliss-reactive ketones (excluding diaryl/α,β-unsaturated/α-hetero) is 1. The molecule has 0 radical (unpaired) electrons. The number of nitrogens with zero attached hydrogens (tertiary/aromatic N) is 1. The average molecular weight is 250 g/mol. The zero-order valence-corrected chi connectivity index (χ0v) is 10.9. The summed E-state index contributed by atoms with van der Waals surface area (Å²) in [6, 6.07) is 9.82. The average Bonchev–Trinajstić information content (AvgIpc) is 2.87. The third-order valence-corrected chi connectivity index (χ3v) is 3.39. The van der Waals surface area contributed by atoms with Crippen LogP contribution in [0.3, 0.4) is 0 Å². The Morgan fingerprint density at radius 1 is 1.16 bits per heavy atom.